The van der Waals surface area contributed by atoms with Crippen molar-refractivity contribution in [1.82, 2.24) is 5.32 Å². The highest BCUT2D eigenvalue weighted by Crippen LogP contribution is 2.02. The molecule has 70 valence electrons. The van der Waals surface area contributed by atoms with Crippen molar-refractivity contribution < 1.29 is 9.18 Å². The zero-order valence-electron chi connectivity index (χ0n) is 7.09. The number of benzene rings is 1. The summed E-state index contributed by atoms with van der Waals surface area (Å²) in [5.41, 5.74) is 5.51. The van der Waals surface area contributed by atoms with E-state index < -0.39 is 5.82 Å². The van der Waals surface area contributed by atoms with Gasteiger partial charge in [0.05, 0.1) is 0 Å². The Hall–Kier alpha value is -1.42. The molecule has 0 saturated heterocycles. The van der Waals surface area contributed by atoms with Crippen molar-refractivity contribution in [2.24, 2.45) is 5.73 Å². The number of rotatable bonds is 3. The second kappa shape index (κ2) is 4.57. The number of carbonyl (C=O) groups excluding carboxylic acids is 1. The number of halogens is 1. The Bertz CT molecular complexity index is 301. The lowest BCUT2D eigenvalue weighted by atomic mass is 10.2. The van der Waals surface area contributed by atoms with Crippen LogP contribution in [0.5, 0.6) is 0 Å². The van der Waals surface area contributed by atoms with Gasteiger partial charge in [-0.15, -0.1) is 0 Å². The number of hydrogen-bond donors (Lipinski definition) is 2. The van der Waals surface area contributed by atoms with Crippen LogP contribution < -0.4 is 11.1 Å². The molecular weight excluding hydrogens is 171 g/mol. The lowest BCUT2D eigenvalue weighted by Crippen LogP contribution is -2.28. The smallest absolute Gasteiger partial charge is 0.251 e. The molecule has 1 amide bonds. The third-order valence-electron chi connectivity index (χ3n) is 1.52. The van der Waals surface area contributed by atoms with Gasteiger partial charge in [-0.3, -0.25) is 4.79 Å². The zero-order chi connectivity index (χ0) is 9.68. The number of nitrogens with two attached hydrogens (primary N) is 1. The van der Waals surface area contributed by atoms with Gasteiger partial charge in [-0.1, -0.05) is 6.07 Å². The SMILES string of the molecule is NCCNC(=O)c1cccc(F)c1. The summed E-state index contributed by atoms with van der Waals surface area (Å²) in [6.45, 7) is 0.774. The van der Waals surface area contributed by atoms with Gasteiger partial charge >= 0.3 is 0 Å². The molecule has 0 aromatic heterocycles. The van der Waals surface area contributed by atoms with Gasteiger partial charge in [0.15, 0.2) is 0 Å². The number of amides is 1. The van der Waals surface area contributed by atoms with Crippen LogP contribution in [-0.4, -0.2) is 19.0 Å². The van der Waals surface area contributed by atoms with E-state index in [4.69, 9.17) is 5.73 Å². The summed E-state index contributed by atoms with van der Waals surface area (Å²) in [5.74, 6) is -0.717. The Balaban J connectivity index is 2.66. The highest BCUT2D eigenvalue weighted by molar-refractivity contribution is 5.94. The highest BCUT2D eigenvalue weighted by atomic mass is 19.1. The van der Waals surface area contributed by atoms with Crippen molar-refractivity contribution in [2.45, 2.75) is 0 Å². The van der Waals surface area contributed by atoms with E-state index in [0.29, 0.717) is 18.7 Å². The van der Waals surface area contributed by atoms with Gasteiger partial charge in [0.25, 0.3) is 5.91 Å². The van der Waals surface area contributed by atoms with Crippen molar-refractivity contribution in [3.05, 3.63) is 35.6 Å². The van der Waals surface area contributed by atoms with Gasteiger partial charge in [0.2, 0.25) is 0 Å². The van der Waals surface area contributed by atoms with Crippen LogP contribution in [0, 0.1) is 5.82 Å². The Morgan fingerprint density at radius 3 is 2.92 bits per heavy atom. The van der Waals surface area contributed by atoms with Crippen LogP contribution in [-0.2, 0) is 0 Å². The molecule has 1 rings (SSSR count). The first-order valence-corrected chi connectivity index (χ1v) is 3.98. The minimum absolute atomic E-state index is 0.301. The average molecular weight is 182 g/mol. The first kappa shape index (κ1) is 9.67. The summed E-state index contributed by atoms with van der Waals surface area (Å²) in [7, 11) is 0. The third kappa shape index (κ3) is 2.83. The van der Waals surface area contributed by atoms with E-state index >= 15 is 0 Å². The second-order valence-corrected chi connectivity index (χ2v) is 2.55. The molecule has 0 atom stereocenters. The van der Waals surface area contributed by atoms with E-state index in [9.17, 15) is 9.18 Å². The molecular formula is C9H11FN2O. The minimum Gasteiger partial charge on any atom is -0.351 e. The molecule has 0 radical (unpaired) electrons. The van der Waals surface area contributed by atoms with E-state index in [0.717, 1.165) is 0 Å². The molecule has 0 aliphatic heterocycles. The monoisotopic (exact) mass is 182 g/mol. The number of hydrogen-bond acceptors (Lipinski definition) is 2. The molecule has 0 fully saturated rings. The van der Waals surface area contributed by atoms with Gasteiger partial charge in [0.1, 0.15) is 5.82 Å². The lowest BCUT2D eigenvalue weighted by molar-refractivity contribution is 0.0954. The predicted octanol–water partition coefficient (Wildman–Crippen LogP) is 0.514. The molecule has 4 heteroatoms. The molecule has 0 aliphatic carbocycles. The van der Waals surface area contributed by atoms with Crippen molar-refractivity contribution in [3.8, 4) is 0 Å². The fourth-order valence-electron chi connectivity index (χ4n) is 0.917. The fourth-order valence-corrected chi connectivity index (χ4v) is 0.917. The molecule has 0 unspecified atom stereocenters. The van der Waals surface area contributed by atoms with Crippen LogP contribution >= 0.6 is 0 Å². The first-order chi connectivity index (χ1) is 6.24. The van der Waals surface area contributed by atoms with Crippen LogP contribution in [0.25, 0.3) is 0 Å². The van der Waals surface area contributed by atoms with Crippen LogP contribution in [0.15, 0.2) is 24.3 Å². The second-order valence-electron chi connectivity index (χ2n) is 2.55. The van der Waals surface area contributed by atoms with Crippen molar-refractivity contribution >= 4 is 5.91 Å². The third-order valence-corrected chi connectivity index (χ3v) is 1.52. The van der Waals surface area contributed by atoms with Gasteiger partial charge in [-0.25, -0.2) is 4.39 Å². The summed E-state index contributed by atoms with van der Waals surface area (Å²) < 4.78 is 12.6. The van der Waals surface area contributed by atoms with Gasteiger partial charge in [-0.2, -0.15) is 0 Å². The lowest BCUT2D eigenvalue weighted by Gasteiger charge is -2.02. The maximum absolute atomic E-state index is 12.6. The molecule has 0 aliphatic rings. The van der Waals surface area contributed by atoms with E-state index in [1.54, 1.807) is 6.07 Å². The van der Waals surface area contributed by atoms with Crippen LogP contribution in [0.2, 0.25) is 0 Å². The Kier molecular flexibility index (Phi) is 3.40. The fraction of sp³-hybridized carbons (Fsp3) is 0.222. The summed E-state index contributed by atoms with van der Waals surface area (Å²) in [6, 6.07) is 5.52. The van der Waals surface area contributed by atoms with Crippen LogP contribution in [0.3, 0.4) is 0 Å². The number of carbonyl (C=O) groups is 1. The topological polar surface area (TPSA) is 55.1 Å². The average Bonchev–Trinajstić information content (AvgIpc) is 2.14. The van der Waals surface area contributed by atoms with Crippen LogP contribution in [0.1, 0.15) is 10.4 Å². The molecule has 13 heavy (non-hydrogen) atoms. The Labute approximate surface area is 75.7 Å². The van der Waals surface area contributed by atoms with E-state index in [1.165, 1.54) is 18.2 Å². The molecule has 3 nitrogen and oxygen atoms in total. The van der Waals surface area contributed by atoms with Crippen molar-refractivity contribution in [3.63, 3.8) is 0 Å². The molecule has 0 saturated carbocycles. The van der Waals surface area contributed by atoms with E-state index in [2.05, 4.69) is 5.32 Å². The molecule has 0 spiro atoms. The predicted molar refractivity (Wildman–Crippen MR) is 47.8 cm³/mol. The molecule has 0 heterocycles. The molecule has 1 aromatic rings. The quantitative estimate of drug-likeness (QED) is 0.715. The summed E-state index contributed by atoms with van der Waals surface area (Å²) in [5, 5.41) is 2.55. The van der Waals surface area contributed by atoms with Gasteiger partial charge in [0, 0.05) is 18.7 Å². The maximum Gasteiger partial charge on any atom is 0.251 e. The summed E-state index contributed by atoms with van der Waals surface area (Å²) >= 11 is 0. The van der Waals surface area contributed by atoms with E-state index in [1.807, 2.05) is 0 Å². The molecule has 1 aromatic carbocycles. The zero-order valence-corrected chi connectivity index (χ0v) is 7.09. The van der Waals surface area contributed by atoms with Gasteiger partial charge < -0.3 is 11.1 Å². The first-order valence-electron chi connectivity index (χ1n) is 3.98. The maximum atomic E-state index is 12.6. The summed E-state index contributed by atoms with van der Waals surface area (Å²) in [6.07, 6.45) is 0. The normalized spacial score (nSPS) is 9.69. The van der Waals surface area contributed by atoms with E-state index in [-0.39, 0.29) is 5.91 Å². The molecule has 3 N–H and O–H groups in total. The Morgan fingerprint density at radius 2 is 2.31 bits per heavy atom. The standard InChI is InChI=1S/C9H11FN2O/c10-8-3-1-2-7(6-8)9(13)12-5-4-11/h1-3,6H,4-5,11H2,(H,12,13). The largest absolute Gasteiger partial charge is 0.351 e. The minimum atomic E-state index is -0.416. The molecule has 0 bridgehead atoms. The highest BCUT2D eigenvalue weighted by Gasteiger charge is 2.03. The Morgan fingerprint density at radius 1 is 1.54 bits per heavy atom. The summed E-state index contributed by atoms with van der Waals surface area (Å²) in [4.78, 5) is 11.2. The number of nitrogens with one attached hydrogen (secondary N) is 1. The van der Waals surface area contributed by atoms with Crippen molar-refractivity contribution in [2.75, 3.05) is 13.1 Å². The van der Waals surface area contributed by atoms with Crippen molar-refractivity contribution in [1.29, 1.82) is 0 Å². The van der Waals surface area contributed by atoms with Gasteiger partial charge in [-0.05, 0) is 18.2 Å². The van der Waals surface area contributed by atoms with Crippen LogP contribution in [0.4, 0.5) is 4.39 Å².